The van der Waals surface area contributed by atoms with Crippen LogP contribution < -0.4 is 15.7 Å². The highest BCUT2D eigenvalue weighted by Crippen LogP contribution is 2.42. The lowest BCUT2D eigenvalue weighted by Crippen LogP contribution is -2.22. The van der Waals surface area contributed by atoms with Gasteiger partial charge in [0, 0.05) is 11.4 Å². The monoisotopic (exact) mass is 386 g/mol. The summed E-state index contributed by atoms with van der Waals surface area (Å²) in [6, 6.07) is 5.41. The van der Waals surface area contributed by atoms with Crippen LogP contribution in [-0.4, -0.2) is 16.7 Å². The molecule has 1 saturated carbocycles. The number of nitrogens with zero attached hydrogens (tertiary/aromatic N) is 1. The number of para-hydroxylation sites is 1. The second kappa shape index (κ2) is 5.60. The Bertz CT molecular complexity index is 1440. The molecular weight excluding hydrogens is 373 g/mol. The van der Waals surface area contributed by atoms with Crippen LogP contribution in [-0.2, 0) is 0 Å². The number of ether oxygens (including phenoxy) is 1. The Hall–Kier alpha value is -3.29. The van der Waals surface area contributed by atoms with E-state index in [2.05, 4.69) is 4.98 Å². The lowest BCUT2D eigenvalue weighted by molar-refractivity contribution is 0.419. The third-order valence-corrected chi connectivity index (χ3v) is 5.21. The normalized spacial score (nSPS) is 14.3. The predicted molar refractivity (Wildman–Crippen MR) is 98.5 cm³/mol. The van der Waals surface area contributed by atoms with Crippen molar-refractivity contribution in [3.8, 4) is 5.75 Å². The average Bonchev–Trinajstić information content (AvgIpc) is 3.51. The Balaban J connectivity index is 2.18. The number of rotatable bonds is 2. The van der Waals surface area contributed by atoms with E-state index < -0.39 is 28.4 Å². The number of hydrogen-bond acceptors (Lipinski definition) is 3. The molecule has 1 aliphatic carbocycles. The molecule has 4 aromatic rings. The van der Waals surface area contributed by atoms with Crippen molar-refractivity contribution < 1.29 is 17.9 Å². The zero-order chi connectivity index (χ0) is 19.7. The Kier molecular flexibility index (Phi) is 3.37. The Morgan fingerprint density at radius 1 is 1.07 bits per heavy atom. The first kappa shape index (κ1) is 16.9. The Morgan fingerprint density at radius 3 is 2.50 bits per heavy atom. The van der Waals surface area contributed by atoms with Gasteiger partial charge in [0.1, 0.15) is 11.1 Å². The number of aromatic nitrogens is 2. The first-order valence-electron chi connectivity index (χ1n) is 8.68. The summed E-state index contributed by atoms with van der Waals surface area (Å²) in [7, 11) is 1.43. The molecule has 0 atom stereocenters. The molecule has 0 saturated heterocycles. The Labute approximate surface area is 155 Å². The van der Waals surface area contributed by atoms with E-state index in [0.717, 1.165) is 0 Å². The fourth-order valence-electron chi connectivity index (χ4n) is 3.85. The number of aromatic amines is 1. The number of benzene rings is 2. The quantitative estimate of drug-likeness (QED) is 0.324. The fraction of sp³-hybridized carbons (Fsp3) is 0.200. The van der Waals surface area contributed by atoms with Gasteiger partial charge in [0.15, 0.2) is 17.5 Å². The highest BCUT2D eigenvalue weighted by molar-refractivity contribution is 6.08. The minimum Gasteiger partial charge on any atom is -0.495 e. The first-order chi connectivity index (χ1) is 13.4. The number of methoxy groups -OCH3 is 1. The lowest BCUT2D eigenvalue weighted by Gasteiger charge is -2.17. The van der Waals surface area contributed by atoms with Crippen LogP contribution in [0.3, 0.4) is 0 Å². The molecule has 28 heavy (non-hydrogen) atoms. The van der Waals surface area contributed by atoms with E-state index in [4.69, 9.17) is 4.74 Å². The number of hydrogen-bond donors (Lipinski definition) is 1. The van der Waals surface area contributed by atoms with Crippen molar-refractivity contribution in [2.75, 3.05) is 7.11 Å². The molecule has 0 bridgehead atoms. The largest absolute Gasteiger partial charge is 0.495 e. The van der Waals surface area contributed by atoms with Crippen LogP contribution >= 0.6 is 0 Å². The standard InChI is InChI=1S/C20H13F3N2O3/c1-28-12-4-2-3-9-16(12)24-20(27)13-17(9)25(8-5-6-8)18-10(19(13)26)7-11(21)14(22)15(18)23/h2-4,7-8H,5-6H2,1H3,(H,24,27). The van der Waals surface area contributed by atoms with Crippen molar-refractivity contribution in [3.05, 3.63) is 62.3 Å². The van der Waals surface area contributed by atoms with Gasteiger partial charge in [0.25, 0.3) is 5.56 Å². The van der Waals surface area contributed by atoms with Gasteiger partial charge in [-0.3, -0.25) is 9.59 Å². The molecule has 0 unspecified atom stereocenters. The second-order valence-corrected chi connectivity index (χ2v) is 6.87. The van der Waals surface area contributed by atoms with Crippen LogP contribution in [0.25, 0.3) is 32.7 Å². The molecule has 1 N–H and O–H groups in total. The molecule has 1 aliphatic rings. The Morgan fingerprint density at radius 2 is 1.82 bits per heavy atom. The van der Waals surface area contributed by atoms with E-state index in [9.17, 15) is 22.8 Å². The van der Waals surface area contributed by atoms with E-state index in [0.29, 0.717) is 35.6 Å². The lowest BCUT2D eigenvalue weighted by atomic mass is 10.1. The van der Waals surface area contributed by atoms with E-state index in [1.807, 2.05) is 0 Å². The van der Waals surface area contributed by atoms with E-state index in [1.54, 1.807) is 18.2 Å². The third kappa shape index (κ3) is 2.08. The van der Waals surface area contributed by atoms with Crippen molar-refractivity contribution in [1.29, 1.82) is 0 Å². The summed E-state index contributed by atoms with van der Waals surface area (Å²) in [5, 5.41) is -0.113. The van der Waals surface area contributed by atoms with Crippen molar-refractivity contribution in [2.24, 2.45) is 0 Å². The number of halogens is 3. The summed E-state index contributed by atoms with van der Waals surface area (Å²) in [5.41, 5.74) is -1.32. The predicted octanol–water partition coefficient (Wildman–Crippen LogP) is 3.76. The zero-order valence-electron chi connectivity index (χ0n) is 14.6. The second-order valence-electron chi connectivity index (χ2n) is 6.87. The topological polar surface area (TPSA) is 64.1 Å². The number of nitrogens with one attached hydrogen (secondary N) is 1. The molecule has 2 aromatic carbocycles. The molecule has 8 heteroatoms. The summed E-state index contributed by atoms with van der Waals surface area (Å²) < 4.78 is 49.4. The van der Waals surface area contributed by atoms with E-state index in [-0.39, 0.29) is 27.8 Å². The highest BCUT2D eigenvalue weighted by Gasteiger charge is 2.31. The summed E-state index contributed by atoms with van der Waals surface area (Å²) >= 11 is 0. The highest BCUT2D eigenvalue weighted by atomic mass is 19.2. The molecule has 0 radical (unpaired) electrons. The minimum atomic E-state index is -1.65. The maximum atomic E-state index is 14.8. The van der Waals surface area contributed by atoms with Gasteiger partial charge in [-0.25, -0.2) is 13.2 Å². The van der Waals surface area contributed by atoms with Crippen molar-refractivity contribution in [1.82, 2.24) is 9.55 Å². The van der Waals surface area contributed by atoms with Gasteiger partial charge in [-0.1, -0.05) is 12.1 Å². The molecule has 5 nitrogen and oxygen atoms in total. The average molecular weight is 386 g/mol. The van der Waals surface area contributed by atoms with Gasteiger partial charge < -0.3 is 14.3 Å². The minimum absolute atomic E-state index is 0.197. The molecule has 1 fully saturated rings. The molecule has 142 valence electrons. The van der Waals surface area contributed by atoms with Gasteiger partial charge in [0.2, 0.25) is 5.43 Å². The fourth-order valence-corrected chi connectivity index (χ4v) is 3.85. The van der Waals surface area contributed by atoms with Gasteiger partial charge in [-0.15, -0.1) is 0 Å². The van der Waals surface area contributed by atoms with Crippen LogP contribution in [0, 0.1) is 17.5 Å². The molecule has 2 aromatic heterocycles. The van der Waals surface area contributed by atoms with Gasteiger partial charge >= 0.3 is 0 Å². The van der Waals surface area contributed by atoms with Crippen LogP contribution in [0.15, 0.2) is 33.9 Å². The van der Waals surface area contributed by atoms with Gasteiger partial charge in [-0.2, -0.15) is 0 Å². The molecule has 5 rings (SSSR count). The maximum Gasteiger partial charge on any atom is 0.261 e. The van der Waals surface area contributed by atoms with Crippen LogP contribution in [0.5, 0.6) is 5.75 Å². The molecular formula is C20H13F3N2O3. The van der Waals surface area contributed by atoms with Crippen molar-refractivity contribution in [2.45, 2.75) is 18.9 Å². The summed E-state index contributed by atoms with van der Waals surface area (Å²) in [6.07, 6.45) is 1.34. The van der Waals surface area contributed by atoms with E-state index in [1.165, 1.54) is 11.7 Å². The zero-order valence-corrected chi connectivity index (χ0v) is 14.6. The van der Waals surface area contributed by atoms with Gasteiger partial charge in [0.05, 0.1) is 29.0 Å². The van der Waals surface area contributed by atoms with Gasteiger partial charge in [-0.05, 0) is 25.0 Å². The van der Waals surface area contributed by atoms with Crippen molar-refractivity contribution >= 4 is 32.7 Å². The smallest absolute Gasteiger partial charge is 0.261 e. The van der Waals surface area contributed by atoms with Crippen LogP contribution in [0.4, 0.5) is 13.2 Å². The first-order valence-corrected chi connectivity index (χ1v) is 8.68. The van der Waals surface area contributed by atoms with Crippen molar-refractivity contribution in [3.63, 3.8) is 0 Å². The molecule has 0 amide bonds. The van der Waals surface area contributed by atoms with Crippen LogP contribution in [0.1, 0.15) is 18.9 Å². The molecule has 2 heterocycles. The molecule has 0 spiro atoms. The van der Waals surface area contributed by atoms with E-state index >= 15 is 0 Å². The summed E-state index contributed by atoms with van der Waals surface area (Å²) in [6.45, 7) is 0. The number of pyridine rings is 2. The molecule has 0 aliphatic heterocycles. The maximum absolute atomic E-state index is 14.8. The SMILES string of the molecule is COc1cccc2c1[nH]c(=O)c1c(=O)c3cc(F)c(F)c(F)c3n(C3CC3)c12. The third-order valence-electron chi connectivity index (χ3n) is 5.21. The number of fused-ring (bicyclic) bond motifs is 4. The number of H-pyrrole nitrogens is 1. The summed E-state index contributed by atoms with van der Waals surface area (Å²) in [5.74, 6) is -4.18. The van der Waals surface area contributed by atoms with Crippen LogP contribution in [0.2, 0.25) is 0 Å². The summed E-state index contributed by atoms with van der Waals surface area (Å²) in [4.78, 5) is 28.4.